The highest BCUT2D eigenvalue weighted by Gasteiger charge is 2.51. The number of halogens is 1. The van der Waals surface area contributed by atoms with Gasteiger partial charge in [-0.3, -0.25) is 9.97 Å². The molecule has 0 spiro atoms. The first-order valence-electron chi connectivity index (χ1n) is 18.8. The van der Waals surface area contributed by atoms with Crippen LogP contribution in [0.25, 0.3) is 54.3 Å². The van der Waals surface area contributed by atoms with Crippen molar-refractivity contribution in [2.45, 2.75) is 52.0 Å². The Morgan fingerprint density at radius 2 is 1.17 bits per heavy atom. The average molecular weight is 860 g/mol. The van der Waals surface area contributed by atoms with Crippen LogP contribution in [-0.2, 0) is 22.4 Å². The second kappa shape index (κ2) is 17.5. The fourth-order valence-electron chi connectivity index (χ4n) is 6.28. The Kier molecular flexibility index (Phi) is 12.0. The van der Waals surface area contributed by atoms with Gasteiger partial charge in [0, 0.05) is 45.6 Å². The molecular formula is C44H40BBrN12O2. The maximum absolute atomic E-state index is 7.04. The van der Waals surface area contributed by atoms with E-state index in [2.05, 4.69) is 55.8 Å². The van der Waals surface area contributed by atoms with Gasteiger partial charge < -0.3 is 30.5 Å². The van der Waals surface area contributed by atoms with Crippen molar-refractivity contribution in [2.24, 2.45) is 0 Å². The van der Waals surface area contributed by atoms with Gasteiger partial charge >= 0.3 is 7.12 Å². The van der Waals surface area contributed by atoms with Crippen LogP contribution in [0.3, 0.4) is 0 Å². The van der Waals surface area contributed by atoms with E-state index in [9.17, 15) is 0 Å². The van der Waals surface area contributed by atoms with Crippen LogP contribution in [0.15, 0.2) is 127 Å². The van der Waals surface area contributed by atoms with Gasteiger partial charge in [-0.15, -0.1) is 0 Å². The zero-order valence-corrected chi connectivity index (χ0v) is 34.9. The molecule has 16 heteroatoms. The van der Waals surface area contributed by atoms with Gasteiger partial charge in [-0.05, 0) is 103 Å². The quantitative estimate of drug-likeness (QED) is 0.123. The number of nitrogens with two attached hydrogens (primary N) is 2. The molecule has 2 aromatic carbocycles. The van der Waals surface area contributed by atoms with Gasteiger partial charge in [0.25, 0.3) is 13.1 Å². The monoisotopic (exact) mass is 858 g/mol. The van der Waals surface area contributed by atoms with Gasteiger partial charge in [-0.2, -0.15) is 10.2 Å². The maximum Gasteiger partial charge on any atom is 0.494 e. The first-order chi connectivity index (χ1) is 28.8. The second-order valence-electron chi connectivity index (χ2n) is 14.8. The van der Waals surface area contributed by atoms with Crippen LogP contribution in [0.1, 0.15) is 39.1 Å². The van der Waals surface area contributed by atoms with E-state index in [4.69, 9.17) is 33.9 Å². The molecule has 6 aromatic heterocycles. The SMILES string of the molecule is Nc1cncc(Br)c1.[C-]#[N+]Cc1cccc(-n2ncc3ccc(-c4cncc(N)c4)cc32)n1.[C-]#[N+]Cc1cccc(-n2ncc3ccc(B4OC(C)(C)C(C)(C)O4)cc32)n1. The second-order valence-corrected chi connectivity index (χ2v) is 15.8. The molecule has 0 radical (unpaired) electrons. The highest BCUT2D eigenvalue weighted by Crippen LogP contribution is 2.36. The molecule has 298 valence electrons. The van der Waals surface area contributed by atoms with Crippen molar-refractivity contribution in [1.82, 2.24) is 39.5 Å². The lowest BCUT2D eigenvalue weighted by atomic mass is 9.79. The molecule has 0 amide bonds. The predicted molar refractivity (Wildman–Crippen MR) is 238 cm³/mol. The molecular weight excluding hydrogens is 819 g/mol. The van der Waals surface area contributed by atoms with Crippen LogP contribution >= 0.6 is 15.9 Å². The first-order valence-corrected chi connectivity index (χ1v) is 19.6. The number of rotatable bonds is 6. The third-order valence-corrected chi connectivity index (χ3v) is 10.4. The number of pyridine rings is 4. The number of aromatic nitrogens is 8. The highest BCUT2D eigenvalue weighted by atomic mass is 79.9. The molecule has 0 aliphatic carbocycles. The summed E-state index contributed by atoms with van der Waals surface area (Å²) in [7, 11) is -0.427. The molecule has 14 nitrogen and oxygen atoms in total. The number of fused-ring (bicyclic) bond motifs is 2. The average Bonchev–Trinajstić information content (AvgIpc) is 3.91. The van der Waals surface area contributed by atoms with Gasteiger partial charge in [0.2, 0.25) is 0 Å². The van der Waals surface area contributed by atoms with Crippen molar-refractivity contribution in [3.63, 3.8) is 0 Å². The summed E-state index contributed by atoms with van der Waals surface area (Å²) in [6.45, 7) is 22.7. The van der Waals surface area contributed by atoms with E-state index in [-0.39, 0.29) is 24.3 Å². The highest BCUT2D eigenvalue weighted by molar-refractivity contribution is 9.10. The summed E-state index contributed by atoms with van der Waals surface area (Å²) < 4.78 is 16.8. The van der Waals surface area contributed by atoms with E-state index < -0.39 is 7.12 Å². The fourth-order valence-corrected chi connectivity index (χ4v) is 6.66. The number of nitrogen functional groups attached to an aromatic ring is 2. The minimum Gasteiger partial charge on any atom is -0.399 e. The van der Waals surface area contributed by atoms with Crippen molar-refractivity contribution < 1.29 is 9.31 Å². The van der Waals surface area contributed by atoms with Crippen LogP contribution in [0, 0.1) is 13.1 Å². The van der Waals surface area contributed by atoms with Crippen LogP contribution in [0.5, 0.6) is 0 Å². The Bertz CT molecular complexity index is 2860. The molecule has 9 rings (SSSR count). The van der Waals surface area contributed by atoms with E-state index >= 15 is 0 Å². The Hall–Kier alpha value is -6.98. The molecule has 0 saturated carbocycles. The summed E-state index contributed by atoms with van der Waals surface area (Å²) in [6.07, 6.45) is 10.3. The van der Waals surface area contributed by atoms with Crippen LogP contribution in [-0.4, -0.2) is 57.8 Å². The smallest absolute Gasteiger partial charge is 0.399 e. The number of anilines is 2. The van der Waals surface area contributed by atoms with Crippen molar-refractivity contribution in [3.05, 3.63) is 161 Å². The Morgan fingerprint density at radius 3 is 1.68 bits per heavy atom. The molecule has 0 unspecified atom stereocenters. The fraction of sp³-hybridized carbons (Fsp3) is 0.182. The Labute approximate surface area is 356 Å². The molecule has 0 bridgehead atoms. The molecule has 1 aliphatic rings. The van der Waals surface area contributed by atoms with E-state index in [1.54, 1.807) is 46.4 Å². The largest absolute Gasteiger partial charge is 0.494 e. The number of nitrogens with zero attached hydrogens (tertiary/aromatic N) is 10. The van der Waals surface area contributed by atoms with E-state index in [1.807, 2.05) is 113 Å². The lowest BCUT2D eigenvalue weighted by Crippen LogP contribution is -2.41. The number of hydrogen-bond acceptors (Lipinski definition) is 10. The lowest BCUT2D eigenvalue weighted by molar-refractivity contribution is 0.00578. The first kappa shape index (κ1) is 41.2. The van der Waals surface area contributed by atoms with Crippen molar-refractivity contribution in [2.75, 3.05) is 11.5 Å². The molecule has 8 aromatic rings. The van der Waals surface area contributed by atoms with Gasteiger partial charge in [-0.25, -0.2) is 32.5 Å². The van der Waals surface area contributed by atoms with Crippen molar-refractivity contribution in [3.8, 4) is 22.8 Å². The zero-order valence-electron chi connectivity index (χ0n) is 33.4. The number of hydrogen-bond donors (Lipinski definition) is 2. The summed E-state index contributed by atoms with van der Waals surface area (Å²) in [4.78, 5) is 23.8. The summed E-state index contributed by atoms with van der Waals surface area (Å²) in [6, 6.07) is 27.1. The summed E-state index contributed by atoms with van der Waals surface area (Å²) in [5, 5.41) is 11.0. The van der Waals surface area contributed by atoms with Crippen molar-refractivity contribution >= 4 is 61.7 Å². The van der Waals surface area contributed by atoms with Crippen LogP contribution < -0.4 is 16.9 Å². The molecule has 0 atom stereocenters. The predicted octanol–water partition coefficient (Wildman–Crippen LogP) is 8.05. The standard InChI is InChI=1S/C20H21BN4O2.C19H14N6.C5H5BrN2/c1-19(2)20(3,4)27-21(26-19)15-10-9-14-12-23-25(17(14)11-15)18-8-6-7-16(24-18)13-22-5;1-21-12-17-3-2-4-19(24-17)25-18-8-13(5-6-14(18)10-23-25)15-7-16(20)11-22-9-15;6-4-1-5(7)3-8-2-4/h6-12H,13H2,1-4H3;2-11H,12,20H2;1-3H,7H2. The van der Waals surface area contributed by atoms with Crippen molar-refractivity contribution in [1.29, 1.82) is 0 Å². The van der Waals surface area contributed by atoms with Crippen LogP contribution in [0.4, 0.5) is 11.4 Å². The van der Waals surface area contributed by atoms with Gasteiger partial charge in [0.15, 0.2) is 11.6 Å². The number of benzene rings is 2. The van der Waals surface area contributed by atoms with Crippen LogP contribution in [0.2, 0.25) is 0 Å². The normalized spacial score (nSPS) is 13.8. The minimum atomic E-state index is -0.427. The summed E-state index contributed by atoms with van der Waals surface area (Å²) in [5.74, 6) is 1.39. The summed E-state index contributed by atoms with van der Waals surface area (Å²) >= 11 is 3.22. The Morgan fingerprint density at radius 1 is 0.633 bits per heavy atom. The minimum absolute atomic E-state index is 0.256. The molecule has 4 N–H and O–H groups in total. The summed E-state index contributed by atoms with van der Waals surface area (Å²) in [5.41, 5.74) is 18.0. The van der Waals surface area contributed by atoms with Gasteiger partial charge in [0.1, 0.15) is 11.4 Å². The topological polar surface area (TPSA) is 166 Å². The van der Waals surface area contributed by atoms with E-state index in [0.29, 0.717) is 23.0 Å². The molecule has 1 aliphatic heterocycles. The Balaban J connectivity index is 0.000000154. The molecule has 60 heavy (non-hydrogen) atoms. The van der Waals surface area contributed by atoms with E-state index in [0.717, 1.165) is 54.3 Å². The lowest BCUT2D eigenvalue weighted by Gasteiger charge is -2.32. The van der Waals surface area contributed by atoms with Gasteiger partial charge in [0.05, 0.1) is 46.0 Å². The third-order valence-electron chi connectivity index (χ3n) is 10.0. The zero-order chi connectivity index (χ0) is 42.4. The molecule has 1 saturated heterocycles. The van der Waals surface area contributed by atoms with Gasteiger partial charge in [-0.1, -0.05) is 36.4 Å². The molecule has 1 fully saturated rings. The third kappa shape index (κ3) is 9.17. The molecule has 7 heterocycles. The van der Waals surface area contributed by atoms with E-state index in [1.165, 1.54) is 0 Å². The maximum atomic E-state index is 7.04.